The Morgan fingerprint density at radius 2 is 1.70 bits per heavy atom. The van der Waals surface area contributed by atoms with Crippen LogP contribution in [-0.2, 0) is 6.42 Å². The van der Waals surface area contributed by atoms with E-state index in [1.54, 1.807) is 37.4 Å². The minimum Gasteiger partial charge on any atom is -0.497 e. The Hall–Kier alpha value is -3.80. The van der Waals surface area contributed by atoms with Gasteiger partial charge in [-0.15, -0.1) is 0 Å². The molecule has 0 unspecified atom stereocenters. The first-order valence-electron chi connectivity index (χ1n) is 13.1. The molecule has 37 heavy (non-hydrogen) atoms. The lowest BCUT2D eigenvalue weighted by molar-refractivity contribution is 0.0948. The summed E-state index contributed by atoms with van der Waals surface area (Å²) < 4.78 is 5.24. The number of nitrogens with zero attached hydrogens (tertiary/aromatic N) is 1. The maximum atomic E-state index is 13.2. The van der Waals surface area contributed by atoms with Crippen LogP contribution in [-0.4, -0.2) is 38.6 Å². The number of carbonyl (C=O) groups is 2. The van der Waals surface area contributed by atoms with E-state index in [1.165, 1.54) is 5.56 Å². The first-order chi connectivity index (χ1) is 17.9. The van der Waals surface area contributed by atoms with E-state index in [0.717, 1.165) is 38.0 Å². The largest absolute Gasteiger partial charge is 0.497 e. The zero-order chi connectivity index (χ0) is 26.2. The molecule has 1 saturated heterocycles. The highest BCUT2D eigenvalue weighted by atomic mass is 16.5. The molecule has 0 atom stereocenters. The highest BCUT2D eigenvalue weighted by Gasteiger charge is 2.24. The van der Waals surface area contributed by atoms with E-state index >= 15 is 0 Å². The smallest absolute Gasteiger partial charge is 0.255 e. The zero-order valence-corrected chi connectivity index (χ0v) is 22.0. The van der Waals surface area contributed by atoms with E-state index in [4.69, 9.17) is 4.74 Å². The van der Waals surface area contributed by atoms with Gasteiger partial charge in [0.2, 0.25) is 0 Å². The summed E-state index contributed by atoms with van der Waals surface area (Å²) in [6, 6.07) is 23.3. The molecule has 0 radical (unpaired) electrons. The third-order valence-corrected chi connectivity index (χ3v) is 6.82. The summed E-state index contributed by atoms with van der Waals surface area (Å²) in [7, 11) is 1.57. The van der Waals surface area contributed by atoms with Crippen LogP contribution in [0.15, 0.2) is 72.8 Å². The van der Waals surface area contributed by atoms with E-state index in [1.807, 2.05) is 12.1 Å². The number of amides is 2. The van der Waals surface area contributed by atoms with Crippen molar-refractivity contribution in [1.82, 2.24) is 5.32 Å². The molecule has 1 aliphatic heterocycles. The van der Waals surface area contributed by atoms with Crippen LogP contribution in [0.25, 0.3) is 0 Å². The van der Waals surface area contributed by atoms with Gasteiger partial charge in [-0.25, -0.2) is 0 Å². The van der Waals surface area contributed by atoms with Crippen LogP contribution in [0.2, 0.25) is 0 Å². The fourth-order valence-corrected chi connectivity index (χ4v) is 4.76. The summed E-state index contributed by atoms with van der Waals surface area (Å²) in [4.78, 5) is 28.4. The second kappa shape index (κ2) is 12.4. The lowest BCUT2D eigenvalue weighted by Gasteiger charge is -2.35. The number of hydrogen-bond donors (Lipinski definition) is 2. The molecule has 194 valence electrons. The van der Waals surface area contributed by atoms with Crippen molar-refractivity contribution in [1.29, 1.82) is 0 Å². The molecule has 6 nitrogen and oxygen atoms in total. The van der Waals surface area contributed by atoms with Crippen molar-refractivity contribution in [2.45, 2.75) is 33.1 Å². The number of carbonyl (C=O) groups excluding carboxylic acids is 2. The molecule has 3 aromatic carbocycles. The van der Waals surface area contributed by atoms with Crippen molar-refractivity contribution in [2.24, 2.45) is 11.8 Å². The summed E-state index contributed by atoms with van der Waals surface area (Å²) in [5.41, 5.74) is 3.97. The Balaban J connectivity index is 1.50. The average Bonchev–Trinajstić information content (AvgIpc) is 2.92. The average molecular weight is 500 g/mol. The molecule has 1 fully saturated rings. The van der Waals surface area contributed by atoms with E-state index in [-0.39, 0.29) is 11.8 Å². The van der Waals surface area contributed by atoms with Crippen LogP contribution in [0.1, 0.15) is 53.0 Å². The molecule has 4 rings (SSSR count). The molecule has 2 N–H and O–H groups in total. The molecule has 0 spiro atoms. The predicted octanol–water partition coefficient (Wildman–Crippen LogP) is 5.79. The quantitative estimate of drug-likeness (QED) is 0.391. The van der Waals surface area contributed by atoms with Crippen LogP contribution < -0.4 is 20.3 Å². The summed E-state index contributed by atoms with van der Waals surface area (Å²) in [5.74, 6) is 1.23. The fraction of sp³-hybridized carbons (Fsp3) is 0.355. The number of rotatable bonds is 9. The third-order valence-electron chi connectivity index (χ3n) is 6.82. The minimum atomic E-state index is -0.248. The highest BCUT2D eigenvalue weighted by molar-refractivity contribution is 6.06. The van der Waals surface area contributed by atoms with Crippen molar-refractivity contribution in [3.05, 3.63) is 89.5 Å². The molecule has 0 bridgehead atoms. The molecular formula is C31H37N3O3. The Labute approximate surface area is 220 Å². The van der Waals surface area contributed by atoms with E-state index in [2.05, 4.69) is 59.7 Å². The molecule has 0 aliphatic carbocycles. The molecule has 1 heterocycles. The Kier molecular flexibility index (Phi) is 8.83. The van der Waals surface area contributed by atoms with E-state index in [9.17, 15) is 9.59 Å². The zero-order valence-electron chi connectivity index (χ0n) is 22.0. The summed E-state index contributed by atoms with van der Waals surface area (Å²) >= 11 is 0. The first kappa shape index (κ1) is 26.3. The molecular weight excluding hydrogens is 462 g/mol. The molecule has 1 aliphatic rings. The molecule has 2 amide bonds. The monoisotopic (exact) mass is 499 g/mol. The third kappa shape index (κ3) is 7.13. The topological polar surface area (TPSA) is 70.7 Å². The first-order valence-corrected chi connectivity index (χ1v) is 13.1. The van der Waals surface area contributed by atoms with Crippen molar-refractivity contribution >= 4 is 23.2 Å². The maximum absolute atomic E-state index is 13.2. The lowest BCUT2D eigenvalue weighted by atomic mass is 9.89. The SMILES string of the molecule is COc1cccc(C(=O)Nc2ccc(N3CCC(Cc4ccccc4)CC3)c(C(=O)NCC(C)C)c2)c1. The number of hydrogen-bond acceptors (Lipinski definition) is 4. The minimum absolute atomic E-state index is 0.118. The van der Waals surface area contributed by atoms with Gasteiger partial charge in [0.1, 0.15) is 5.75 Å². The number of ether oxygens (including phenoxy) is 1. The van der Waals surface area contributed by atoms with Gasteiger partial charge >= 0.3 is 0 Å². The Bertz CT molecular complexity index is 1200. The van der Waals surface area contributed by atoms with Crippen LogP contribution in [0.5, 0.6) is 5.75 Å². The van der Waals surface area contributed by atoms with Crippen molar-refractivity contribution in [3.63, 3.8) is 0 Å². The highest BCUT2D eigenvalue weighted by Crippen LogP contribution is 2.30. The lowest BCUT2D eigenvalue weighted by Crippen LogP contribution is -2.36. The van der Waals surface area contributed by atoms with Crippen LogP contribution in [0, 0.1) is 11.8 Å². The van der Waals surface area contributed by atoms with Gasteiger partial charge in [0, 0.05) is 36.6 Å². The molecule has 0 saturated carbocycles. The van der Waals surface area contributed by atoms with Gasteiger partial charge in [-0.2, -0.15) is 0 Å². The van der Waals surface area contributed by atoms with Crippen LogP contribution in [0.3, 0.4) is 0 Å². The number of benzene rings is 3. The second-order valence-electron chi connectivity index (χ2n) is 10.1. The number of methoxy groups -OCH3 is 1. The Morgan fingerprint density at radius 1 is 0.946 bits per heavy atom. The van der Waals surface area contributed by atoms with Gasteiger partial charge in [0.25, 0.3) is 11.8 Å². The van der Waals surface area contributed by atoms with Crippen molar-refractivity contribution in [3.8, 4) is 5.75 Å². The van der Waals surface area contributed by atoms with Crippen LogP contribution in [0.4, 0.5) is 11.4 Å². The van der Waals surface area contributed by atoms with Gasteiger partial charge in [0.05, 0.1) is 12.7 Å². The van der Waals surface area contributed by atoms with Gasteiger partial charge in [-0.3, -0.25) is 9.59 Å². The number of nitrogens with one attached hydrogen (secondary N) is 2. The predicted molar refractivity (Wildman–Crippen MR) is 150 cm³/mol. The maximum Gasteiger partial charge on any atom is 0.255 e. The molecule has 0 aromatic heterocycles. The second-order valence-corrected chi connectivity index (χ2v) is 10.1. The fourth-order valence-electron chi connectivity index (χ4n) is 4.76. The van der Waals surface area contributed by atoms with Gasteiger partial charge in [-0.1, -0.05) is 50.2 Å². The van der Waals surface area contributed by atoms with Crippen LogP contribution >= 0.6 is 0 Å². The molecule has 3 aromatic rings. The van der Waals surface area contributed by atoms with Gasteiger partial charge in [-0.05, 0) is 73.1 Å². The number of anilines is 2. The van der Waals surface area contributed by atoms with E-state index in [0.29, 0.717) is 40.9 Å². The summed E-state index contributed by atoms with van der Waals surface area (Å²) in [6.07, 6.45) is 3.25. The van der Waals surface area contributed by atoms with Crippen molar-refractivity contribution in [2.75, 3.05) is 37.0 Å². The molecule has 6 heteroatoms. The van der Waals surface area contributed by atoms with Gasteiger partial charge in [0.15, 0.2) is 0 Å². The van der Waals surface area contributed by atoms with Crippen molar-refractivity contribution < 1.29 is 14.3 Å². The standard InChI is InChI=1S/C31H37N3O3/c1-22(2)21-32-31(36)28-20-26(33-30(35)25-10-7-11-27(19-25)37-3)12-13-29(28)34-16-14-24(15-17-34)18-23-8-5-4-6-9-23/h4-13,19-20,22,24H,14-18,21H2,1-3H3,(H,32,36)(H,33,35). The van der Waals surface area contributed by atoms with E-state index < -0.39 is 0 Å². The van der Waals surface area contributed by atoms with Gasteiger partial charge < -0.3 is 20.3 Å². The summed E-state index contributed by atoms with van der Waals surface area (Å²) in [6.45, 7) is 6.54. The summed E-state index contributed by atoms with van der Waals surface area (Å²) in [5, 5.41) is 5.99. The normalized spacial score (nSPS) is 13.9. The Morgan fingerprint density at radius 3 is 2.41 bits per heavy atom. The number of piperidine rings is 1.